The van der Waals surface area contributed by atoms with E-state index in [0.29, 0.717) is 29.4 Å². The van der Waals surface area contributed by atoms with Crippen LogP contribution >= 0.6 is 11.6 Å². The van der Waals surface area contributed by atoms with E-state index in [1.165, 1.54) is 5.56 Å². The Morgan fingerprint density at radius 3 is 2.68 bits per heavy atom. The van der Waals surface area contributed by atoms with Crippen LogP contribution in [0.2, 0.25) is 5.02 Å². The highest BCUT2D eigenvalue weighted by Gasteiger charge is 2.30. The van der Waals surface area contributed by atoms with Crippen molar-refractivity contribution in [3.8, 4) is 0 Å². The zero-order chi connectivity index (χ0) is 17.8. The van der Waals surface area contributed by atoms with E-state index in [-0.39, 0.29) is 0 Å². The fourth-order valence-corrected chi connectivity index (χ4v) is 5.05. The molecule has 0 unspecified atom stereocenters. The van der Waals surface area contributed by atoms with Crippen molar-refractivity contribution in [2.75, 3.05) is 6.54 Å². The van der Waals surface area contributed by atoms with Gasteiger partial charge < -0.3 is 4.98 Å². The van der Waals surface area contributed by atoms with Crippen molar-refractivity contribution in [3.05, 3.63) is 63.8 Å². The summed E-state index contributed by atoms with van der Waals surface area (Å²) < 4.78 is 27.7. The summed E-state index contributed by atoms with van der Waals surface area (Å²) in [5.41, 5.74) is 5.22. The molecule has 0 bridgehead atoms. The zero-order valence-electron chi connectivity index (χ0n) is 14.1. The van der Waals surface area contributed by atoms with Crippen LogP contribution in [-0.2, 0) is 23.0 Å². The lowest BCUT2D eigenvalue weighted by Crippen LogP contribution is -2.35. The highest BCUT2D eigenvalue weighted by molar-refractivity contribution is 7.89. The molecule has 0 aliphatic carbocycles. The third-order valence-corrected chi connectivity index (χ3v) is 7.13. The number of halogens is 1. The molecule has 1 aliphatic rings. The van der Waals surface area contributed by atoms with E-state index in [1.54, 1.807) is 22.5 Å². The normalized spacial score (nSPS) is 15.5. The Morgan fingerprint density at radius 1 is 1.12 bits per heavy atom. The molecular formula is C19H19ClN2O2S. The fraction of sp³-hybridized carbons (Fsp3) is 0.263. The summed E-state index contributed by atoms with van der Waals surface area (Å²) in [4.78, 5) is 3.73. The first-order valence-electron chi connectivity index (χ1n) is 8.22. The lowest BCUT2D eigenvalue weighted by atomic mass is 10.0. The lowest BCUT2D eigenvalue weighted by molar-refractivity contribution is 0.391. The first kappa shape index (κ1) is 16.6. The van der Waals surface area contributed by atoms with Crippen LogP contribution in [0.3, 0.4) is 0 Å². The molecule has 4 nitrogen and oxygen atoms in total. The Kier molecular flexibility index (Phi) is 3.90. The molecular weight excluding hydrogens is 356 g/mol. The van der Waals surface area contributed by atoms with Crippen molar-refractivity contribution in [1.82, 2.24) is 9.29 Å². The van der Waals surface area contributed by atoms with E-state index in [1.807, 2.05) is 13.8 Å². The molecule has 0 amide bonds. The molecule has 1 aromatic heterocycles. The Bertz CT molecular complexity index is 1090. The van der Waals surface area contributed by atoms with Gasteiger partial charge in [0.25, 0.3) is 0 Å². The summed E-state index contributed by atoms with van der Waals surface area (Å²) in [6, 6.07) is 11.1. The maximum atomic E-state index is 13.1. The van der Waals surface area contributed by atoms with Gasteiger partial charge in [-0.1, -0.05) is 23.2 Å². The number of aromatic amines is 1. The zero-order valence-corrected chi connectivity index (χ0v) is 15.7. The van der Waals surface area contributed by atoms with Gasteiger partial charge in [-0.05, 0) is 55.3 Å². The molecule has 130 valence electrons. The highest BCUT2D eigenvalue weighted by atomic mass is 35.5. The van der Waals surface area contributed by atoms with E-state index >= 15 is 0 Å². The molecule has 0 atom stereocenters. The topological polar surface area (TPSA) is 53.2 Å². The first-order valence-corrected chi connectivity index (χ1v) is 10.0. The highest BCUT2D eigenvalue weighted by Crippen LogP contribution is 2.31. The maximum absolute atomic E-state index is 13.1. The number of aromatic nitrogens is 1. The number of aryl methyl sites for hydroxylation is 2. The van der Waals surface area contributed by atoms with Gasteiger partial charge in [-0.25, -0.2) is 8.42 Å². The largest absolute Gasteiger partial charge is 0.358 e. The third-order valence-electron chi connectivity index (χ3n) is 4.86. The maximum Gasteiger partial charge on any atom is 0.243 e. The summed E-state index contributed by atoms with van der Waals surface area (Å²) in [5.74, 6) is 0. The molecule has 0 spiro atoms. The van der Waals surface area contributed by atoms with Gasteiger partial charge in [0, 0.05) is 41.1 Å². The Hall–Kier alpha value is -1.82. The van der Waals surface area contributed by atoms with Gasteiger partial charge in [0.1, 0.15) is 0 Å². The number of nitrogens with zero attached hydrogens (tertiary/aromatic N) is 1. The van der Waals surface area contributed by atoms with Gasteiger partial charge in [0.15, 0.2) is 0 Å². The standard InChI is InChI=1S/C19H19ClN2O2S/c1-12-3-6-18-15(9-12)16-11-22(8-7-19(16)21-18)25(23,24)14-4-5-17(20)13(2)10-14/h3-6,9-10,21H,7-8,11H2,1-2H3. The van der Waals surface area contributed by atoms with Gasteiger partial charge in [-0.15, -0.1) is 0 Å². The molecule has 0 saturated carbocycles. The molecule has 2 aromatic carbocycles. The summed E-state index contributed by atoms with van der Waals surface area (Å²) in [5, 5.41) is 1.69. The second-order valence-electron chi connectivity index (χ2n) is 6.63. The number of hydrogen-bond donors (Lipinski definition) is 1. The molecule has 2 heterocycles. The molecule has 3 aromatic rings. The van der Waals surface area contributed by atoms with Gasteiger partial charge in [0.05, 0.1) is 4.90 Å². The second-order valence-corrected chi connectivity index (χ2v) is 8.98. The van der Waals surface area contributed by atoms with Crippen LogP contribution in [0.5, 0.6) is 0 Å². The predicted octanol–water partition coefficient (Wildman–Crippen LogP) is 4.19. The van der Waals surface area contributed by atoms with Crippen molar-refractivity contribution in [2.45, 2.75) is 31.7 Å². The van der Waals surface area contributed by atoms with Gasteiger partial charge >= 0.3 is 0 Å². The van der Waals surface area contributed by atoms with Crippen molar-refractivity contribution >= 4 is 32.5 Å². The van der Waals surface area contributed by atoms with Crippen LogP contribution in [0.25, 0.3) is 10.9 Å². The number of hydrogen-bond acceptors (Lipinski definition) is 2. The van der Waals surface area contributed by atoms with Crippen LogP contribution in [0.4, 0.5) is 0 Å². The van der Waals surface area contributed by atoms with Crippen LogP contribution < -0.4 is 0 Å². The molecule has 6 heteroatoms. The van der Waals surface area contributed by atoms with E-state index in [4.69, 9.17) is 11.6 Å². The average molecular weight is 375 g/mol. The molecule has 0 radical (unpaired) electrons. The first-order chi connectivity index (χ1) is 11.9. The second kappa shape index (κ2) is 5.87. The number of sulfonamides is 1. The molecule has 1 aliphatic heterocycles. The van der Waals surface area contributed by atoms with Crippen molar-refractivity contribution < 1.29 is 8.42 Å². The number of nitrogens with one attached hydrogen (secondary N) is 1. The van der Waals surface area contributed by atoms with Crippen molar-refractivity contribution in [3.63, 3.8) is 0 Å². The Labute approximate surface area is 152 Å². The minimum atomic E-state index is -3.54. The number of fused-ring (bicyclic) bond motifs is 3. The van der Waals surface area contributed by atoms with Gasteiger partial charge in [-0.3, -0.25) is 0 Å². The van der Waals surface area contributed by atoms with Crippen LogP contribution in [0.1, 0.15) is 22.4 Å². The third kappa shape index (κ3) is 2.76. The van der Waals surface area contributed by atoms with Crippen LogP contribution in [0.15, 0.2) is 41.3 Å². The van der Waals surface area contributed by atoms with Crippen LogP contribution in [-0.4, -0.2) is 24.3 Å². The number of H-pyrrole nitrogens is 1. The van der Waals surface area contributed by atoms with E-state index in [2.05, 4.69) is 23.2 Å². The quantitative estimate of drug-likeness (QED) is 0.731. The van der Waals surface area contributed by atoms with E-state index < -0.39 is 10.0 Å². The van der Waals surface area contributed by atoms with E-state index in [0.717, 1.165) is 27.7 Å². The predicted molar refractivity (Wildman–Crippen MR) is 101 cm³/mol. The van der Waals surface area contributed by atoms with Crippen molar-refractivity contribution in [2.24, 2.45) is 0 Å². The molecule has 25 heavy (non-hydrogen) atoms. The monoisotopic (exact) mass is 374 g/mol. The van der Waals surface area contributed by atoms with Gasteiger partial charge in [-0.2, -0.15) is 4.31 Å². The van der Waals surface area contributed by atoms with Crippen LogP contribution in [0, 0.1) is 13.8 Å². The van der Waals surface area contributed by atoms with Crippen molar-refractivity contribution in [1.29, 1.82) is 0 Å². The average Bonchev–Trinajstić information content (AvgIpc) is 2.94. The number of benzene rings is 2. The SMILES string of the molecule is Cc1ccc2[nH]c3c(c2c1)CN(S(=O)(=O)c1ccc(Cl)c(C)c1)CC3. The van der Waals surface area contributed by atoms with E-state index in [9.17, 15) is 8.42 Å². The summed E-state index contributed by atoms with van der Waals surface area (Å²) in [6.07, 6.45) is 0.689. The van der Waals surface area contributed by atoms with Gasteiger partial charge in [0.2, 0.25) is 10.0 Å². The molecule has 1 N–H and O–H groups in total. The summed E-state index contributed by atoms with van der Waals surface area (Å²) in [7, 11) is -3.54. The Morgan fingerprint density at radius 2 is 1.92 bits per heavy atom. The molecule has 0 saturated heterocycles. The minimum absolute atomic E-state index is 0.300. The minimum Gasteiger partial charge on any atom is -0.358 e. The molecule has 0 fully saturated rings. The number of rotatable bonds is 2. The summed E-state index contributed by atoms with van der Waals surface area (Å²) in [6.45, 7) is 4.73. The Balaban J connectivity index is 1.75. The lowest BCUT2D eigenvalue weighted by Gasteiger charge is -2.26. The summed E-state index contributed by atoms with van der Waals surface area (Å²) >= 11 is 6.04. The smallest absolute Gasteiger partial charge is 0.243 e. The molecule has 4 rings (SSSR count). The fourth-order valence-electron chi connectivity index (χ4n) is 3.44.